The van der Waals surface area contributed by atoms with E-state index in [2.05, 4.69) is 17.9 Å². The summed E-state index contributed by atoms with van der Waals surface area (Å²) in [5.41, 5.74) is 0. The first-order chi connectivity index (χ1) is 2.41. The van der Waals surface area contributed by atoms with Crippen LogP contribution in [0.5, 0.6) is 0 Å². The summed E-state index contributed by atoms with van der Waals surface area (Å²) in [5.74, 6) is 0. The summed E-state index contributed by atoms with van der Waals surface area (Å²) in [6.45, 7) is 6.00. The summed E-state index contributed by atoms with van der Waals surface area (Å²) in [4.78, 5) is 0. The maximum atomic E-state index is 4.25. The van der Waals surface area contributed by atoms with E-state index in [0.29, 0.717) is 0 Å². The van der Waals surface area contributed by atoms with Crippen LogP contribution in [0.3, 0.4) is 0 Å². The molecule has 0 aromatic rings. The first-order valence-corrected chi connectivity index (χ1v) is 1.32. The molecule has 0 radical (unpaired) electrons. The molecule has 0 aromatic heterocycles. The highest BCUT2D eigenvalue weighted by Crippen LogP contribution is 1.28. The molecule has 0 saturated heterocycles. The predicted molar refractivity (Wildman–Crippen MR) is 24.2 cm³/mol. The molecule has 0 aromatic carbocycles. The zero-order valence-electron chi connectivity index (χ0n) is 3.82. The standard InChI is InChI=1S/C2H6O.C2H4/c1-3-2;1-2/h1-2H3;1-2H2. The van der Waals surface area contributed by atoms with Crippen molar-refractivity contribution in [3.8, 4) is 0 Å². The van der Waals surface area contributed by atoms with Crippen molar-refractivity contribution in [3.05, 3.63) is 13.2 Å². The van der Waals surface area contributed by atoms with Crippen LogP contribution in [0, 0.1) is 0 Å². The molecule has 0 aliphatic heterocycles. The van der Waals surface area contributed by atoms with Gasteiger partial charge in [0.15, 0.2) is 0 Å². The lowest BCUT2D eigenvalue weighted by molar-refractivity contribution is 0.277. The van der Waals surface area contributed by atoms with Gasteiger partial charge in [0.2, 0.25) is 0 Å². The molecular formula is C4H10O. The fourth-order valence-corrected chi connectivity index (χ4v) is 0. The third-order valence-electron chi connectivity index (χ3n) is 0. The van der Waals surface area contributed by atoms with E-state index >= 15 is 0 Å². The van der Waals surface area contributed by atoms with Crippen molar-refractivity contribution in [1.82, 2.24) is 0 Å². The van der Waals surface area contributed by atoms with E-state index in [-0.39, 0.29) is 0 Å². The highest BCUT2D eigenvalue weighted by Gasteiger charge is 1.25. The molecule has 0 unspecified atom stereocenters. The van der Waals surface area contributed by atoms with E-state index in [1.807, 2.05) is 0 Å². The van der Waals surface area contributed by atoms with Gasteiger partial charge in [0.05, 0.1) is 0 Å². The number of hydrogen-bond acceptors (Lipinski definition) is 1. The Hall–Kier alpha value is -0.300. The second-order valence-electron chi connectivity index (χ2n) is 0.408. The second-order valence-corrected chi connectivity index (χ2v) is 0.408. The molecule has 0 N–H and O–H groups in total. The van der Waals surface area contributed by atoms with Crippen molar-refractivity contribution < 1.29 is 4.74 Å². The summed E-state index contributed by atoms with van der Waals surface area (Å²) in [6, 6.07) is 0. The summed E-state index contributed by atoms with van der Waals surface area (Å²) < 4.78 is 4.25. The van der Waals surface area contributed by atoms with Crippen molar-refractivity contribution in [2.45, 2.75) is 0 Å². The van der Waals surface area contributed by atoms with Gasteiger partial charge in [-0.15, -0.1) is 13.2 Å². The molecule has 0 aliphatic rings. The maximum Gasteiger partial charge on any atom is 0.0351 e. The summed E-state index contributed by atoms with van der Waals surface area (Å²) in [5, 5.41) is 0. The number of rotatable bonds is 0. The van der Waals surface area contributed by atoms with Gasteiger partial charge in [-0.2, -0.15) is 0 Å². The first-order valence-electron chi connectivity index (χ1n) is 1.32. The third-order valence-corrected chi connectivity index (χ3v) is 0. The molecule has 0 amide bonds. The zero-order valence-corrected chi connectivity index (χ0v) is 3.82. The molecule has 32 valence electrons. The quantitative estimate of drug-likeness (QED) is 0.390. The first kappa shape index (κ1) is 8.83. The molecule has 0 spiro atoms. The summed E-state index contributed by atoms with van der Waals surface area (Å²) >= 11 is 0. The minimum Gasteiger partial charge on any atom is -0.388 e. The Morgan fingerprint density at radius 1 is 1.20 bits per heavy atom. The van der Waals surface area contributed by atoms with Gasteiger partial charge in [-0.25, -0.2) is 0 Å². The van der Waals surface area contributed by atoms with Crippen LogP contribution < -0.4 is 0 Å². The van der Waals surface area contributed by atoms with Crippen molar-refractivity contribution >= 4 is 0 Å². The van der Waals surface area contributed by atoms with Crippen LogP contribution in [0.1, 0.15) is 0 Å². The summed E-state index contributed by atoms with van der Waals surface area (Å²) in [7, 11) is 3.25. The average molecular weight is 74.1 g/mol. The van der Waals surface area contributed by atoms with Gasteiger partial charge in [0.1, 0.15) is 0 Å². The molecule has 0 fully saturated rings. The van der Waals surface area contributed by atoms with Crippen LogP contribution in [0.15, 0.2) is 13.2 Å². The molecule has 0 atom stereocenters. The van der Waals surface area contributed by atoms with Gasteiger partial charge in [0.25, 0.3) is 0 Å². The smallest absolute Gasteiger partial charge is 0.0351 e. The maximum absolute atomic E-state index is 4.25. The van der Waals surface area contributed by atoms with Gasteiger partial charge in [-0.05, 0) is 0 Å². The van der Waals surface area contributed by atoms with E-state index in [1.165, 1.54) is 0 Å². The Morgan fingerprint density at radius 3 is 1.20 bits per heavy atom. The fraction of sp³-hybridized carbons (Fsp3) is 0.500. The van der Waals surface area contributed by atoms with Crippen LogP contribution in [-0.4, -0.2) is 14.2 Å². The minimum atomic E-state index is 1.62. The Kier molecular flexibility index (Phi) is 97.2. The topological polar surface area (TPSA) is 9.23 Å². The molecule has 0 rings (SSSR count). The molecule has 0 bridgehead atoms. The Bertz CT molecular complexity index is 7.61. The largest absolute Gasteiger partial charge is 0.388 e. The van der Waals surface area contributed by atoms with Crippen molar-refractivity contribution in [2.24, 2.45) is 0 Å². The van der Waals surface area contributed by atoms with E-state index in [4.69, 9.17) is 0 Å². The van der Waals surface area contributed by atoms with Crippen molar-refractivity contribution in [3.63, 3.8) is 0 Å². The number of hydrogen-bond donors (Lipinski definition) is 0. The minimum absolute atomic E-state index is 1.62. The van der Waals surface area contributed by atoms with Gasteiger partial charge >= 0.3 is 0 Å². The monoisotopic (exact) mass is 74.1 g/mol. The predicted octanol–water partition coefficient (Wildman–Crippen LogP) is 1.06. The van der Waals surface area contributed by atoms with Gasteiger partial charge < -0.3 is 4.74 Å². The van der Waals surface area contributed by atoms with E-state index in [9.17, 15) is 0 Å². The molecular weight excluding hydrogens is 64.0 g/mol. The Balaban J connectivity index is 0. The van der Waals surface area contributed by atoms with Gasteiger partial charge in [0, 0.05) is 14.2 Å². The molecule has 0 heterocycles. The fourth-order valence-electron chi connectivity index (χ4n) is 0. The third kappa shape index (κ3) is 119. The second kappa shape index (κ2) is 55.0. The summed E-state index contributed by atoms with van der Waals surface area (Å²) in [6.07, 6.45) is 0. The lowest BCUT2D eigenvalue weighted by Gasteiger charge is -1.61. The van der Waals surface area contributed by atoms with Crippen molar-refractivity contribution in [2.75, 3.05) is 14.2 Å². The van der Waals surface area contributed by atoms with Crippen LogP contribution in [0.25, 0.3) is 0 Å². The number of ether oxygens (including phenoxy) is 1. The molecule has 1 heteroatoms. The highest BCUT2D eigenvalue weighted by atomic mass is 16.4. The van der Waals surface area contributed by atoms with Crippen LogP contribution in [-0.2, 0) is 4.74 Å². The Labute approximate surface area is 33.3 Å². The Morgan fingerprint density at radius 2 is 1.20 bits per heavy atom. The molecule has 0 saturated carbocycles. The van der Waals surface area contributed by atoms with Gasteiger partial charge in [-0.1, -0.05) is 0 Å². The average Bonchev–Trinajstić information content (AvgIpc) is 1.46. The van der Waals surface area contributed by atoms with Crippen LogP contribution in [0.4, 0.5) is 0 Å². The zero-order chi connectivity index (χ0) is 4.71. The molecule has 1 nitrogen and oxygen atoms in total. The van der Waals surface area contributed by atoms with E-state index in [1.54, 1.807) is 14.2 Å². The van der Waals surface area contributed by atoms with Crippen molar-refractivity contribution in [1.29, 1.82) is 0 Å². The van der Waals surface area contributed by atoms with E-state index < -0.39 is 0 Å². The van der Waals surface area contributed by atoms with E-state index in [0.717, 1.165) is 0 Å². The molecule has 5 heavy (non-hydrogen) atoms. The SMILES string of the molecule is C=C.COC. The molecule has 0 aliphatic carbocycles. The normalized spacial score (nSPS) is 4.40. The van der Waals surface area contributed by atoms with Gasteiger partial charge in [-0.3, -0.25) is 0 Å². The van der Waals surface area contributed by atoms with Crippen LogP contribution >= 0.6 is 0 Å². The van der Waals surface area contributed by atoms with Crippen LogP contribution in [0.2, 0.25) is 0 Å². The lowest BCUT2D eigenvalue weighted by atomic mass is 11.3. The highest BCUT2D eigenvalue weighted by molar-refractivity contribution is 4.22. The number of methoxy groups -OCH3 is 1. The lowest BCUT2D eigenvalue weighted by Crippen LogP contribution is -1.55.